The van der Waals surface area contributed by atoms with Gasteiger partial charge in [0.25, 0.3) is 0 Å². The molecule has 1 atom stereocenters. The van der Waals surface area contributed by atoms with E-state index in [2.05, 4.69) is 15.2 Å². The lowest BCUT2D eigenvalue weighted by Crippen LogP contribution is -2.70. The lowest BCUT2D eigenvalue weighted by atomic mass is 9.69. The maximum Gasteiger partial charge on any atom is 0.318 e. The van der Waals surface area contributed by atoms with Gasteiger partial charge in [0.1, 0.15) is 5.75 Å². The van der Waals surface area contributed by atoms with Crippen molar-refractivity contribution in [3.63, 3.8) is 0 Å². The van der Waals surface area contributed by atoms with Gasteiger partial charge < -0.3 is 34.8 Å². The Morgan fingerprint density at radius 3 is 2.33 bits per heavy atom. The Kier molecular flexibility index (Phi) is 5.94. The Morgan fingerprint density at radius 2 is 1.76 bits per heavy atom. The van der Waals surface area contributed by atoms with Gasteiger partial charge in [0, 0.05) is 55.9 Å². The number of nitrogens with one attached hydrogen (secondary N) is 2. The fourth-order valence-electron chi connectivity index (χ4n) is 5.33. The van der Waals surface area contributed by atoms with E-state index < -0.39 is 11.5 Å². The fourth-order valence-corrected chi connectivity index (χ4v) is 5.33. The highest BCUT2D eigenvalue weighted by Crippen LogP contribution is 2.49. The van der Waals surface area contributed by atoms with Crippen LogP contribution < -0.4 is 15.4 Å². The summed E-state index contributed by atoms with van der Waals surface area (Å²) in [5.74, 6) is 0.746. The van der Waals surface area contributed by atoms with Crippen LogP contribution in [0.2, 0.25) is 0 Å². The van der Waals surface area contributed by atoms with Crippen LogP contribution in [0, 0.1) is 0 Å². The molecular weight excluding hydrogens is 422 g/mol. The number of fused-ring (bicyclic) bond motifs is 4. The van der Waals surface area contributed by atoms with E-state index in [0.29, 0.717) is 19.6 Å². The van der Waals surface area contributed by atoms with Crippen molar-refractivity contribution in [2.24, 2.45) is 7.05 Å². The van der Waals surface area contributed by atoms with Gasteiger partial charge in [-0.2, -0.15) is 0 Å². The van der Waals surface area contributed by atoms with Gasteiger partial charge in [0.15, 0.2) is 0 Å². The summed E-state index contributed by atoms with van der Waals surface area (Å²) in [5, 5.41) is 17.4. The minimum Gasteiger partial charge on any atom is -0.497 e. The molecule has 4 rings (SSSR count). The molecule has 1 spiro atoms. The number of ether oxygens (including phenoxy) is 1. The van der Waals surface area contributed by atoms with Crippen LogP contribution in [-0.2, 0) is 12.5 Å². The quantitative estimate of drug-likeness (QED) is 0.656. The standard InChI is InChI=1S/C24H35N5O4/c1-14(2)25-22(31)28-11-24(12-28)13-29(23(32)26-15(3)4)19(10-30)21-20(24)17-8-7-16(33-6)9-18(17)27(21)5/h7-9,14-15,19,30H,10-13H2,1-6H3,(H,25,31)(H,26,32)/t19-/m0/s1. The Hall–Kier alpha value is -2.94. The van der Waals surface area contributed by atoms with E-state index in [4.69, 9.17) is 4.74 Å². The number of amides is 4. The van der Waals surface area contributed by atoms with E-state index in [1.54, 1.807) is 16.9 Å². The van der Waals surface area contributed by atoms with Crippen LogP contribution >= 0.6 is 0 Å². The van der Waals surface area contributed by atoms with Crippen molar-refractivity contribution in [3.8, 4) is 5.75 Å². The first kappa shape index (κ1) is 23.2. The number of aryl methyl sites for hydroxylation is 1. The van der Waals surface area contributed by atoms with Crippen LogP contribution in [0.1, 0.15) is 45.0 Å². The average molecular weight is 458 g/mol. The number of urea groups is 2. The zero-order chi connectivity index (χ0) is 24.1. The Balaban J connectivity index is 1.83. The van der Waals surface area contributed by atoms with Gasteiger partial charge in [-0.05, 0) is 45.4 Å². The number of methoxy groups -OCH3 is 1. The first-order chi connectivity index (χ1) is 15.6. The second-order valence-corrected chi connectivity index (χ2v) is 9.87. The zero-order valence-corrected chi connectivity index (χ0v) is 20.3. The number of hydrogen-bond donors (Lipinski definition) is 3. The van der Waals surface area contributed by atoms with Gasteiger partial charge in [0.05, 0.1) is 30.7 Å². The first-order valence-electron chi connectivity index (χ1n) is 11.5. The third kappa shape index (κ3) is 3.78. The molecule has 0 unspecified atom stereocenters. The summed E-state index contributed by atoms with van der Waals surface area (Å²) < 4.78 is 7.50. The molecule has 0 bridgehead atoms. The Morgan fingerprint density at radius 1 is 1.12 bits per heavy atom. The summed E-state index contributed by atoms with van der Waals surface area (Å²) in [6, 6.07) is 5.20. The number of rotatable bonds is 4. The molecule has 9 nitrogen and oxygen atoms in total. The number of hydrogen-bond acceptors (Lipinski definition) is 4. The summed E-state index contributed by atoms with van der Waals surface area (Å²) in [4.78, 5) is 29.4. The monoisotopic (exact) mass is 457 g/mol. The minimum absolute atomic E-state index is 0.0272. The topological polar surface area (TPSA) is 99.1 Å². The van der Waals surface area contributed by atoms with Crippen molar-refractivity contribution in [2.45, 2.75) is 51.2 Å². The lowest BCUT2D eigenvalue weighted by Gasteiger charge is -2.56. The molecule has 1 saturated heterocycles. The van der Waals surface area contributed by atoms with Crippen LogP contribution in [0.25, 0.3) is 10.9 Å². The van der Waals surface area contributed by atoms with Crippen molar-refractivity contribution in [3.05, 3.63) is 29.5 Å². The molecule has 0 saturated carbocycles. The van der Waals surface area contributed by atoms with Crippen molar-refractivity contribution < 1.29 is 19.4 Å². The highest BCUT2D eigenvalue weighted by molar-refractivity contribution is 5.90. The smallest absolute Gasteiger partial charge is 0.318 e. The Bertz CT molecular complexity index is 1070. The Labute approximate surface area is 194 Å². The third-order valence-corrected chi connectivity index (χ3v) is 6.68. The largest absolute Gasteiger partial charge is 0.497 e. The molecule has 33 heavy (non-hydrogen) atoms. The van der Waals surface area contributed by atoms with E-state index in [-0.39, 0.29) is 30.8 Å². The van der Waals surface area contributed by atoms with Crippen molar-refractivity contribution in [2.75, 3.05) is 33.4 Å². The van der Waals surface area contributed by atoms with Crippen molar-refractivity contribution in [1.29, 1.82) is 0 Å². The van der Waals surface area contributed by atoms with Gasteiger partial charge >= 0.3 is 12.1 Å². The van der Waals surface area contributed by atoms with E-state index >= 15 is 0 Å². The van der Waals surface area contributed by atoms with E-state index in [0.717, 1.165) is 27.9 Å². The number of aliphatic hydroxyl groups excluding tert-OH is 1. The van der Waals surface area contributed by atoms with E-state index in [1.807, 2.05) is 52.9 Å². The molecule has 4 amide bonds. The molecule has 1 fully saturated rings. The SMILES string of the molecule is COc1ccc2c3c(n(C)c2c1)[C@H](CO)N(C(=O)NC(C)C)CC31CN(C(=O)NC(C)C)C1. The minimum atomic E-state index is -0.480. The van der Waals surface area contributed by atoms with Gasteiger partial charge in [-0.25, -0.2) is 9.59 Å². The number of nitrogens with zero attached hydrogens (tertiary/aromatic N) is 3. The fraction of sp³-hybridized carbons (Fsp3) is 0.583. The van der Waals surface area contributed by atoms with E-state index in [1.165, 1.54) is 0 Å². The van der Waals surface area contributed by atoms with Crippen LogP contribution in [0.4, 0.5) is 9.59 Å². The number of carbonyl (C=O) groups excluding carboxylic acids is 2. The lowest BCUT2D eigenvalue weighted by molar-refractivity contribution is 0.0291. The van der Waals surface area contributed by atoms with Crippen molar-refractivity contribution >= 4 is 23.0 Å². The highest BCUT2D eigenvalue weighted by Gasteiger charge is 2.55. The first-order valence-corrected chi connectivity index (χ1v) is 11.5. The molecule has 2 aromatic rings. The predicted molar refractivity (Wildman–Crippen MR) is 127 cm³/mol. The summed E-state index contributed by atoms with van der Waals surface area (Å²) in [6.45, 7) is 8.97. The number of aromatic nitrogens is 1. The molecule has 2 aliphatic rings. The molecule has 9 heteroatoms. The van der Waals surface area contributed by atoms with Crippen LogP contribution in [0.3, 0.4) is 0 Å². The molecule has 1 aromatic heterocycles. The zero-order valence-electron chi connectivity index (χ0n) is 20.3. The molecular formula is C24H35N5O4. The van der Waals surface area contributed by atoms with Crippen LogP contribution in [0.5, 0.6) is 5.75 Å². The van der Waals surface area contributed by atoms with Gasteiger partial charge in [-0.3, -0.25) is 0 Å². The average Bonchev–Trinajstić information content (AvgIpc) is 3.02. The number of carbonyl (C=O) groups is 2. The molecule has 2 aliphatic heterocycles. The molecule has 0 aliphatic carbocycles. The summed E-state index contributed by atoms with van der Waals surface area (Å²) >= 11 is 0. The van der Waals surface area contributed by atoms with Gasteiger partial charge in [-0.1, -0.05) is 0 Å². The highest BCUT2D eigenvalue weighted by atomic mass is 16.5. The molecule has 180 valence electrons. The van der Waals surface area contributed by atoms with Gasteiger partial charge in [0.2, 0.25) is 0 Å². The molecule has 1 aromatic carbocycles. The molecule has 3 heterocycles. The third-order valence-electron chi connectivity index (χ3n) is 6.68. The normalized spacial score (nSPS) is 19.1. The van der Waals surface area contributed by atoms with E-state index in [9.17, 15) is 14.7 Å². The maximum absolute atomic E-state index is 13.2. The number of aliphatic hydroxyl groups is 1. The second kappa shape index (κ2) is 8.44. The van der Waals surface area contributed by atoms with Crippen molar-refractivity contribution in [1.82, 2.24) is 25.0 Å². The summed E-state index contributed by atoms with van der Waals surface area (Å²) in [6.07, 6.45) is 0. The number of likely N-dealkylation sites (tertiary alicyclic amines) is 1. The predicted octanol–water partition coefficient (Wildman–Crippen LogP) is 2.33. The summed E-state index contributed by atoms with van der Waals surface area (Å²) in [7, 11) is 3.60. The number of benzene rings is 1. The van der Waals surface area contributed by atoms with Gasteiger partial charge in [-0.15, -0.1) is 0 Å². The van der Waals surface area contributed by atoms with Crippen LogP contribution in [0.15, 0.2) is 18.2 Å². The second-order valence-electron chi connectivity index (χ2n) is 9.87. The maximum atomic E-state index is 13.2. The van der Waals surface area contributed by atoms with Crippen LogP contribution in [-0.4, -0.2) is 77.0 Å². The summed E-state index contributed by atoms with van der Waals surface area (Å²) in [5.41, 5.74) is 2.60. The molecule has 0 radical (unpaired) electrons. The molecule has 3 N–H and O–H groups in total.